The molecule has 2 unspecified atom stereocenters. The molecule has 4 atom stereocenters. The minimum atomic E-state index is -0.103. The van der Waals surface area contributed by atoms with Gasteiger partial charge in [0.05, 0.1) is 0 Å². The van der Waals surface area contributed by atoms with Gasteiger partial charge >= 0.3 is 0 Å². The third-order valence-corrected chi connectivity index (χ3v) is 6.86. The number of hydrogen-bond donors (Lipinski definition) is 0. The summed E-state index contributed by atoms with van der Waals surface area (Å²) in [4.78, 5) is 26.4. The van der Waals surface area contributed by atoms with Gasteiger partial charge in [0, 0.05) is 23.0 Å². The fourth-order valence-electron chi connectivity index (χ4n) is 5.72. The number of carbonyl (C=O) groups excluding carboxylic acids is 2. The third kappa shape index (κ3) is 1.25. The Morgan fingerprint density at radius 3 is 1.70 bits per heavy atom. The molecule has 0 radical (unpaired) electrons. The molecule has 6 rings (SSSR count). The van der Waals surface area contributed by atoms with Gasteiger partial charge in [0.1, 0.15) is 0 Å². The summed E-state index contributed by atoms with van der Waals surface area (Å²) in [7, 11) is 0. The van der Waals surface area contributed by atoms with Gasteiger partial charge in [-0.05, 0) is 53.0 Å². The number of Topliss-reactive ketones (excluding diaryl/α,β-unsaturated/α-hetero) is 2. The van der Waals surface area contributed by atoms with Crippen LogP contribution in [-0.4, -0.2) is 11.6 Å². The molecule has 0 aromatic heterocycles. The van der Waals surface area contributed by atoms with E-state index >= 15 is 0 Å². The first-order chi connectivity index (χ1) is 11.2. The first-order valence-electron chi connectivity index (χ1n) is 8.50. The summed E-state index contributed by atoms with van der Waals surface area (Å²) in [6.45, 7) is 0. The molecule has 2 saturated carbocycles. The van der Waals surface area contributed by atoms with Crippen LogP contribution in [0.2, 0.25) is 0 Å². The molecule has 0 aliphatic heterocycles. The Labute approximate surface area is 134 Å². The molecule has 2 aromatic carbocycles. The summed E-state index contributed by atoms with van der Waals surface area (Å²) < 4.78 is 0. The second kappa shape index (κ2) is 3.64. The van der Waals surface area contributed by atoms with E-state index in [0.717, 1.165) is 10.8 Å². The van der Waals surface area contributed by atoms with Crippen molar-refractivity contribution in [3.05, 3.63) is 59.7 Å². The van der Waals surface area contributed by atoms with Gasteiger partial charge in [-0.25, -0.2) is 0 Å². The van der Waals surface area contributed by atoms with Crippen LogP contribution in [0.1, 0.15) is 33.6 Å². The molecule has 4 aliphatic rings. The molecular weight excluding hydrogens is 284 g/mol. The van der Waals surface area contributed by atoms with Crippen LogP contribution in [0.15, 0.2) is 48.6 Å². The van der Waals surface area contributed by atoms with E-state index in [0.29, 0.717) is 23.0 Å². The first-order valence-corrected chi connectivity index (χ1v) is 8.50. The van der Waals surface area contributed by atoms with E-state index in [4.69, 9.17) is 0 Å². The normalized spacial score (nSPS) is 35.0. The number of carbonyl (C=O) groups is 2. The van der Waals surface area contributed by atoms with Crippen molar-refractivity contribution in [2.75, 3.05) is 0 Å². The van der Waals surface area contributed by atoms with Crippen LogP contribution in [0.5, 0.6) is 0 Å². The van der Waals surface area contributed by atoms with Crippen molar-refractivity contribution >= 4 is 22.3 Å². The van der Waals surface area contributed by atoms with E-state index in [2.05, 4.69) is 12.2 Å². The average molecular weight is 300 g/mol. The van der Waals surface area contributed by atoms with E-state index in [9.17, 15) is 9.59 Å². The molecule has 112 valence electrons. The fourth-order valence-corrected chi connectivity index (χ4v) is 5.72. The van der Waals surface area contributed by atoms with Crippen molar-refractivity contribution in [2.24, 2.45) is 29.1 Å². The van der Waals surface area contributed by atoms with Gasteiger partial charge in [-0.3, -0.25) is 9.59 Å². The van der Waals surface area contributed by atoms with Crippen LogP contribution in [-0.2, 0) is 0 Å². The topological polar surface area (TPSA) is 34.1 Å². The van der Waals surface area contributed by atoms with E-state index in [1.807, 2.05) is 36.4 Å². The molecule has 2 bridgehead atoms. The van der Waals surface area contributed by atoms with Crippen LogP contribution < -0.4 is 0 Å². The van der Waals surface area contributed by atoms with Gasteiger partial charge in [0.25, 0.3) is 0 Å². The molecular formula is C21H16O2. The molecule has 0 N–H and O–H groups in total. The van der Waals surface area contributed by atoms with E-state index in [1.54, 1.807) is 0 Å². The fraction of sp³-hybridized carbons (Fsp3) is 0.333. The lowest BCUT2D eigenvalue weighted by atomic mass is 9.69. The van der Waals surface area contributed by atoms with Crippen LogP contribution in [0.25, 0.3) is 10.8 Å². The van der Waals surface area contributed by atoms with Crippen molar-refractivity contribution in [1.29, 1.82) is 0 Å². The minimum absolute atomic E-state index is 0.103. The Bertz CT molecular complexity index is 875. The van der Waals surface area contributed by atoms with Crippen LogP contribution in [0, 0.1) is 29.1 Å². The average Bonchev–Trinajstić information content (AvgIpc) is 3.24. The number of rotatable bonds is 0. The number of allylic oxidation sites excluding steroid dienone is 2. The molecule has 0 amide bonds. The number of ketones is 2. The Morgan fingerprint density at radius 2 is 1.26 bits per heavy atom. The monoisotopic (exact) mass is 300 g/mol. The zero-order valence-corrected chi connectivity index (χ0v) is 12.7. The van der Waals surface area contributed by atoms with Gasteiger partial charge in [-0.2, -0.15) is 0 Å². The highest BCUT2D eigenvalue weighted by atomic mass is 16.1. The first kappa shape index (κ1) is 12.2. The molecule has 2 aromatic rings. The lowest BCUT2D eigenvalue weighted by Crippen LogP contribution is -2.38. The van der Waals surface area contributed by atoms with Crippen molar-refractivity contribution in [3.63, 3.8) is 0 Å². The maximum Gasteiger partial charge on any atom is 0.168 e. The van der Waals surface area contributed by atoms with Gasteiger partial charge in [0.15, 0.2) is 11.6 Å². The zero-order valence-electron chi connectivity index (χ0n) is 12.7. The van der Waals surface area contributed by atoms with Gasteiger partial charge in [0.2, 0.25) is 0 Å². The highest BCUT2D eigenvalue weighted by Gasteiger charge is 2.70. The minimum Gasteiger partial charge on any atom is -0.294 e. The summed E-state index contributed by atoms with van der Waals surface area (Å²) in [5.74, 6) is 0.807. The zero-order chi connectivity index (χ0) is 15.3. The Balaban J connectivity index is 1.61. The van der Waals surface area contributed by atoms with Gasteiger partial charge in [-0.15, -0.1) is 0 Å². The SMILES string of the molecule is O=C1c2cc3ccccc3cc2C(=O)C2C1[C@H]1C=C[C@@H]2C12CC2. The summed E-state index contributed by atoms with van der Waals surface area (Å²) in [5.41, 5.74) is 1.57. The number of hydrogen-bond acceptors (Lipinski definition) is 2. The Hall–Kier alpha value is -2.22. The molecule has 4 aliphatic carbocycles. The molecule has 0 heterocycles. The standard InChI is InChI=1S/C21H16O2/c22-19-13-9-11-3-1-2-4-12(11)10-14(13)20(23)18-16-6-5-15(17(18)19)21(16)7-8-21/h1-6,9-10,15-18H,7-8H2/t15-,16+,17?,18?. The lowest BCUT2D eigenvalue weighted by Gasteiger charge is -2.31. The molecule has 0 saturated heterocycles. The van der Waals surface area contributed by atoms with E-state index in [1.165, 1.54) is 12.8 Å². The highest BCUT2D eigenvalue weighted by Crippen LogP contribution is 2.73. The summed E-state index contributed by atoms with van der Waals surface area (Å²) in [5, 5.41) is 2.09. The van der Waals surface area contributed by atoms with Crippen molar-refractivity contribution < 1.29 is 9.59 Å². The largest absolute Gasteiger partial charge is 0.294 e. The van der Waals surface area contributed by atoms with Crippen LogP contribution in [0.4, 0.5) is 0 Å². The Kier molecular flexibility index (Phi) is 1.94. The second-order valence-corrected chi connectivity index (χ2v) is 7.69. The van der Waals surface area contributed by atoms with Gasteiger partial charge in [-0.1, -0.05) is 36.4 Å². The summed E-state index contributed by atoms with van der Waals surface area (Å²) >= 11 is 0. The van der Waals surface area contributed by atoms with Gasteiger partial charge < -0.3 is 0 Å². The predicted octanol–water partition coefficient (Wildman–Crippen LogP) is 4.05. The van der Waals surface area contributed by atoms with Crippen molar-refractivity contribution in [1.82, 2.24) is 0 Å². The molecule has 2 fully saturated rings. The number of benzene rings is 2. The predicted molar refractivity (Wildman–Crippen MR) is 87.4 cm³/mol. The lowest BCUT2D eigenvalue weighted by molar-refractivity contribution is 0.0721. The molecule has 1 spiro atoms. The highest BCUT2D eigenvalue weighted by molar-refractivity contribution is 6.19. The molecule has 2 heteroatoms. The maximum absolute atomic E-state index is 13.2. The maximum atomic E-state index is 13.2. The summed E-state index contributed by atoms with van der Waals surface area (Å²) in [6.07, 6.45) is 6.83. The van der Waals surface area contributed by atoms with Crippen LogP contribution >= 0.6 is 0 Å². The quantitative estimate of drug-likeness (QED) is 0.688. The van der Waals surface area contributed by atoms with Crippen molar-refractivity contribution in [3.8, 4) is 0 Å². The smallest absolute Gasteiger partial charge is 0.168 e. The summed E-state index contributed by atoms with van der Waals surface area (Å²) in [6, 6.07) is 11.9. The Morgan fingerprint density at radius 1 is 0.783 bits per heavy atom. The van der Waals surface area contributed by atoms with E-state index in [-0.39, 0.29) is 28.8 Å². The van der Waals surface area contributed by atoms with E-state index < -0.39 is 0 Å². The van der Waals surface area contributed by atoms with Crippen molar-refractivity contribution in [2.45, 2.75) is 12.8 Å². The third-order valence-electron chi connectivity index (χ3n) is 6.86. The molecule has 2 nitrogen and oxygen atoms in total. The second-order valence-electron chi connectivity index (χ2n) is 7.69. The number of fused-ring (bicyclic) bond motifs is 5. The van der Waals surface area contributed by atoms with Crippen LogP contribution in [0.3, 0.4) is 0 Å². The molecule has 23 heavy (non-hydrogen) atoms.